The van der Waals surface area contributed by atoms with Crippen LogP contribution in [0.15, 0.2) is 53.6 Å². The molecule has 3 heterocycles. The third-order valence-corrected chi connectivity index (χ3v) is 9.89. The second-order valence-electron chi connectivity index (χ2n) is 11.5. The summed E-state index contributed by atoms with van der Waals surface area (Å²) in [5.74, 6) is 1.68. The third kappa shape index (κ3) is 7.77. The summed E-state index contributed by atoms with van der Waals surface area (Å²) in [6.45, 7) is 10.7. The van der Waals surface area contributed by atoms with Crippen molar-refractivity contribution in [3.8, 4) is 5.75 Å². The van der Waals surface area contributed by atoms with E-state index in [-0.39, 0.29) is 16.0 Å². The summed E-state index contributed by atoms with van der Waals surface area (Å²) in [4.78, 5) is 16.8. The first-order valence-electron chi connectivity index (χ1n) is 14.9. The molecule has 0 radical (unpaired) electrons. The van der Waals surface area contributed by atoms with Crippen molar-refractivity contribution in [2.45, 2.75) is 50.2 Å². The van der Waals surface area contributed by atoms with E-state index in [1.165, 1.54) is 32.2 Å². The van der Waals surface area contributed by atoms with Crippen LogP contribution in [0.1, 0.15) is 38.1 Å². The van der Waals surface area contributed by atoms with Gasteiger partial charge in [0.25, 0.3) is 0 Å². The van der Waals surface area contributed by atoms with Crippen molar-refractivity contribution in [3.05, 3.63) is 65.1 Å². The molecule has 0 atom stereocenters. The second kappa shape index (κ2) is 13.8. The van der Waals surface area contributed by atoms with Crippen molar-refractivity contribution in [2.24, 2.45) is 0 Å². The number of para-hydroxylation sites is 1. The molecule has 2 fully saturated rings. The molecule has 1 aromatic heterocycles. The van der Waals surface area contributed by atoms with Crippen LogP contribution in [0, 0.1) is 0 Å². The van der Waals surface area contributed by atoms with E-state index < -0.39 is 10.0 Å². The van der Waals surface area contributed by atoms with Crippen LogP contribution in [0.2, 0.25) is 5.02 Å². The van der Waals surface area contributed by atoms with Crippen molar-refractivity contribution < 1.29 is 13.2 Å². The van der Waals surface area contributed by atoms with Gasteiger partial charge in [-0.15, -0.1) is 0 Å². The Morgan fingerprint density at radius 2 is 1.77 bits per heavy atom. The lowest BCUT2D eigenvalue weighted by Crippen LogP contribution is -2.52. The Morgan fingerprint density at radius 1 is 1.05 bits per heavy atom. The second-order valence-corrected chi connectivity index (χ2v) is 13.8. The summed E-state index contributed by atoms with van der Waals surface area (Å²) in [6.07, 6.45) is 4.29. The molecule has 10 nitrogen and oxygen atoms in total. The Kier molecular flexibility index (Phi) is 10.1. The third-order valence-electron chi connectivity index (χ3n) is 8.14. The number of likely N-dealkylation sites (N-methyl/N-ethyl adjacent to an activating group) is 1. The maximum absolute atomic E-state index is 12.5. The van der Waals surface area contributed by atoms with Crippen LogP contribution in [0.3, 0.4) is 0 Å². The van der Waals surface area contributed by atoms with Gasteiger partial charge in [-0.3, -0.25) is 4.90 Å². The van der Waals surface area contributed by atoms with Gasteiger partial charge in [-0.2, -0.15) is 0 Å². The number of halogens is 1. The maximum Gasteiger partial charge on any atom is 0.242 e. The average Bonchev–Trinajstić information content (AvgIpc) is 3.00. The Bertz CT molecular complexity index is 1500. The van der Waals surface area contributed by atoms with E-state index in [4.69, 9.17) is 16.3 Å². The number of nitrogens with zero attached hydrogens (tertiary/aromatic N) is 5. The number of anilines is 3. The molecule has 2 aromatic carbocycles. The van der Waals surface area contributed by atoms with Gasteiger partial charge in [0.15, 0.2) is 5.82 Å². The lowest BCUT2D eigenvalue weighted by Gasteiger charge is -2.42. The molecule has 43 heavy (non-hydrogen) atoms. The van der Waals surface area contributed by atoms with E-state index in [2.05, 4.69) is 60.0 Å². The van der Waals surface area contributed by atoms with Crippen molar-refractivity contribution in [2.75, 3.05) is 63.6 Å². The highest BCUT2D eigenvalue weighted by Gasteiger charge is 2.27. The fourth-order valence-electron chi connectivity index (χ4n) is 5.71. The lowest BCUT2D eigenvalue weighted by atomic mass is 10.0. The molecule has 0 bridgehead atoms. The fourth-order valence-corrected chi connectivity index (χ4v) is 6.74. The maximum atomic E-state index is 12.5. The molecule has 2 saturated heterocycles. The number of ether oxygens (including phenoxy) is 1. The van der Waals surface area contributed by atoms with Crippen LogP contribution in [0.4, 0.5) is 17.2 Å². The number of rotatable bonds is 10. The van der Waals surface area contributed by atoms with Gasteiger partial charge in [-0.25, -0.2) is 23.1 Å². The largest absolute Gasteiger partial charge is 0.491 e. The number of hydrogen-bond donors (Lipinski definition) is 2. The molecule has 2 aliphatic rings. The molecule has 232 valence electrons. The van der Waals surface area contributed by atoms with Crippen LogP contribution in [-0.4, -0.2) is 93.7 Å². The number of nitrogens with one attached hydrogen (secondary N) is 2. The van der Waals surface area contributed by atoms with E-state index in [1.807, 2.05) is 13.8 Å². The highest BCUT2D eigenvalue weighted by molar-refractivity contribution is 7.89. The standard InChI is InChI=1S/C31H42ClN7O3S/c1-22(2)42-28-20-25(38-13-11-24(12-14-38)39-17-15-37(4)16-18-39)10-9-23(28)19-30-34-21-26(32)31(36-30)35-27-7-5-6-8-29(27)43(40,41)33-3/h5-10,20-22,24,33H,11-19H2,1-4H3,(H,34,35,36). The van der Waals surface area contributed by atoms with Gasteiger partial charge in [-0.05, 0) is 59.0 Å². The average molecular weight is 628 g/mol. The molecule has 0 saturated carbocycles. The first kappa shape index (κ1) is 31.5. The van der Waals surface area contributed by atoms with E-state index in [9.17, 15) is 8.42 Å². The Labute approximate surface area is 260 Å². The van der Waals surface area contributed by atoms with Crippen LogP contribution in [0.25, 0.3) is 0 Å². The van der Waals surface area contributed by atoms with Crippen LogP contribution in [0.5, 0.6) is 5.75 Å². The van der Waals surface area contributed by atoms with Gasteiger partial charge >= 0.3 is 0 Å². The summed E-state index contributed by atoms with van der Waals surface area (Å²) in [5.41, 5.74) is 2.50. The Hall–Kier alpha value is -2.96. The number of piperidine rings is 1. The van der Waals surface area contributed by atoms with Crippen molar-refractivity contribution >= 4 is 38.8 Å². The zero-order valence-electron chi connectivity index (χ0n) is 25.4. The van der Waals surface area contributed by atoms with Gasteiger partial charge in [0.2, 0.25) is 10.0 Å². The van der Waals surface area contributed by atoms with Crippen molar-refractivity contribution in [1.29, 1.82) is 0 Å². The van der Waals surface area contributed by atoms with E-state index in [0.717, 1.165) is 56.3 Å². The quantitative estimate of drug-likeness (QED) is 0.339. The van der Waals surface area contributed by atoms with Gasteiger partial charge < -0.3 is 19.9 Å². The minimum absolute atomic E-state index is 0.00552. The molecule has 0 aliphatic carbocycles. The molecule has 0 unspecified atom stereocenters. The Morgan fingerprint density at radius 3 is 2.47 bits per heavy atom. The Balaban J connectivity index is 1.32. The fraction of sp³-hybridized carbons (Fsp3) is 0.484. The highest BCUT2D eigenvalue weighted by atomic mass is 35.5. The molecular formula is C31H42ClN7O3S. The molecule has 2 N–H and O–H groups in total. The SMILES string of the molecule is CNS(=O)(=O)c1ccccc1Nc1nc(Cc2ccc(N3CCC(N4CCN(C)CC4)CC3)cc2OC(C)C)ncc1Cl. The molecular weight excluding hydrogens is 586 g/mol. The predicted molar refractivity (Wildman–Crippen MR) is 172 cm³/mol. The van der Waals surface area contributed by atoms with Crippen LogP contribution in [-0.2, 0) is 16.4 Å². The number of aromatic nitrogens is 2. The first-order chi connectivity index (χ1) is 20.6. The van der Waals surface area contributed by atoms with Crippen molar-refractivity contribution in [1.82, 2.24) is 24.5 Å². The van der Waals surface area contributed by atoms with E-state index in [0.29, 0.717) is 29.8 Å². The van der Waals surface area contributed by atoms with E-state index >= 15 is 0 Å². The number of benzene rings is 2. The summed E-state index contributed by atoms with van der Waals surface area (Å²) >= 11 is 6.43. The molecule has 3 aromatic rings. The zero-order valence-corrected chi connectivity index (χ0v) is 27.0. The van der Waals surface area contributed by atoms with E-state index in [1.54, 1.807) is 18.2 Å². The lowest BCUT2D eigenvalue weighted by molar-refractivity contribution is 0.0982. The topological polar surface area (TPSA) is 103 Å². The first-order valence-corrected chi connectivity index (χ1v) is 16.8. The minimum atomic E-state index is -3.69. The summed E-state index contributed by atoms with van der Waals surface area (Å²) in [6, 6.07) is 13.7. The molecule has 0 spiro atoms. The molecule has 5 rings (SSSR count). The summed E-state index contributed by atoms with van der Waals surface area (Å²) in [5, 5.41) is 3.38. The van der Waals surface area contributed by atoms with Crippen molar-refractivity contribution in [3.63, 3.8) is 0 Å². The summed E-state index contributed by atoms with van der Waals surface area (Å²) in [7, 11) is -0.106. The highest BCUT2D eigenvalue weighted by Crippen LogP contribution is 2.32. The molecule has 0 amide bonds. The van der Waals surface area contributed by atoms with Crippen LogP contribution < -0.4 is 19.7 Å². The predicted octanol–water partition coefficient (Wildman–Crippen LogP) is 4.38. The van der Waals surface area contributed by atoms with Gasteiger partial charge in [0, 0.05) is 69.0 Å². The molecule has 12 heteroatoms. The smallest absolute Gasteiger partial charge is 0.242 e. The number of hydrogen-bond acceptors (Lipinski definition) is 9. The monoisotopic (exact) mass is 627 g/mol. The normalized spacial score (nSPS) is 17.4. The molecule has 2 aliphatic heterocycles. The number of piperazine rings is 1. The van der Waals surface area contributed by atoms with Gasteiger partial charge in [0.1, 0.15) is 21.5 Å². The zero-order chi connectivity index (χ0) is 30.6. The van der Waals surface area contributed by atoms with Crippen LogP contribution >= 0.6 is 11.6 Å². The van der Waals surface area contributed by atoms with Gasteiger partial charge in [0.05, 0.1) is 18.0 Å². The summed E-state index contributed by atoms with van der Waals surface area (Å²) < 4.78 is 33.7. The number of sulfonamides is 1. The van der Waals surface area contributed by atoms with Gasteiger partial charge in [-0.1, -0.05) is 29.8 Å². The minimum Gasteiger partial charge on any atom is -0.491 e.